The van der Waals surface area contributed by atoms with E-state index in [1.807, 2.05) is 43.1 Å². The highest BCUT2D eigenvalue weighted by Gasteiger charge is 2.29. The highest BCUT2D eigenvalue weighted by atomic mass is 19.4. The predicted molar refractivity (Wildman–Crippen MR) is 126 cm³/mol. The molecule has 0 aromatic heterocycles. The molecule has 1 amide bonds. The van der Waals surface area contributed by atoms with E-state index in [0.29, 0.717) is 30.9 Å². The Balaban J connectivity index is 1.57. The van der Waals surface area contributed by atoms with Gasteiger partial charge in [-0.05, 0) is 68.8 Å². The van der Waals surface area contributed by atoms with Crippen molar-refractivity contribution in [2.75, 3.05) is 50.2 Å². The summed E-state index contributed by atoms with van der Waals surface area (Å²) >= 11 is 0. The fraction of sp³-hybridized carbons (Fsp3) is 0.480. The number of nitrogens with one attached hydrogen (secondary N) is 1. The zero-order chi connectivity index (χ0) is 24.9. The molecule has 9 heteroatoms. The molecule has 2 aromatic carbocycles. The molecule has 0 aliphatic carbocycles. The van der Waals surface area contributed by atoms with Crippen LogP contribution < -0.4 is 15.0 Å². The van der Waals surface area contributed by atoms with Crippen LogP contribution >= 0.6 is 0 Å². The van der Waals surface area contributed by atoms with Crippen molar-refractivity contribution in [1.82, 2.24) is 4.90 Å². The number of amides is 1. The number of likely N-dealkylation sites (N-methyl/N-ethyl adjacent to an activating group) is 1. The van der Waals surface area contributed by atoms with Gasteiger partial charge in [-0.1, -0.05) is 12.1 Å². The van der Waals surface area contributed by atoms with Crippen LogP contribution in [0.3, 0.4) is 0 Å². The minimum atomic E-state index is -4.39. The summed E-state index contributed by atoms with van der Waals surface area (Å²) in [5, 5.41) is 2.95. The van der Waals surface area contributed by atoms with E-state index in [1.54, 1.807) is 26.0 Å². The van der Waals surface area contributed by atoms with Crippen molar-refractivity contribution in [2.24, 2.45) is 0 Å². The summed E-state index contributed by atoms with van der Waals surface area (Å²) in [7, 11) is 1.84. The second-order valence-electron chi connectivity index (χ2n) is 8.69. The van der Waals surface area contributed by atoms with Crippen molar-refractivity contribution in [3.05, 3.63) is 53.1 Å². The zero-order valence-electron chi connectivity index (χ0n) is 20.0. The molecule has 1 aliphatic rings. The quantitative estimate of drug-likeness (QED) is 0.603. The van der Waals surface area contributed by atoms with E-state index < -0.39 is 18.8 Å². The molecule has 1 heterocycles. The summed E-state index contributed by atoms with van der Waals surface area (Å²) in [6.45, 7) is 7.53. The van der Waals surface area contributed by atoms with Crippen LogP contribution in [0.2, 0.25) is 0 Å². The third-order valence-electron chi connectivity index (χ3n) is 5.88. The van der Waals surface area contributed by atoms with Crippen LogP contribution in [0.4, 0.5) is 24.5 Å². The fourth-order valence-corrected chi connectivity index (χ4v) is 3.96. The number of ether oxygens (including phenoxy) is 2. The van der Waals surface area contributed by atoms with Crippen molar-refractivity contribution in [3.63, 3.8) is 0 Å². The van der Waals surface area contributed by atoms with E-state index in [4.69, 9.17) is 9.47 Å². The van der Waals surface area contributed by atoms with Crippen LogP contribution in [0.15, 0.2) is 36.4 Å². The normalized spacial score (nSPS) is 15.4. The van der Waals surface area contributed by atoms with Crippen molar-refractivity contribution in [1.29, 1.82) is 0 Å². The second-order valence-corrected chi connectivity index (χ2v) is 8.69. The Bertz CT molecular complexity index is 951. The minimum absolute atomic E-state index is 0.139. The average Bonchev–Trinajstić information content (AvgIpc) is 2.78. The first kappa shape index (κ1) is 25.8. The number of carbonyl (C=O) groups is 1. The van der Waals surface area contributed by atoms with E-state index in [2.05, 4.69) is 10.2 Å². The lowest BCUT2D eigenvalue weighted by Crippen LogP contribution is -2.39. The van der Waals surface area contributed by atoms with Crippen LogP contribution in [0.5, 0.6) is 5.75 Å². The van der Waals surface area contributed by atoms with Gasteiger partial charge < -0.3 is 19.7 Å². The SMILES string of the molecule is Cc1cc(CN(C)C(C)C(=O)Nc2ccc(N3CCOCC3)cc2)cc(C)c1OCC(F)(F)F. The van der Waals surface area contributed by atoms with Gasteiger partial charge in [0.15, 0.2) is 6.61 Å². The first-order valence-corrected chi connectivity index (χ1v) is 11.3. The van der Waals surface area contributed by atoms with Gasteiger partial charge in [0, 0.05) is 31.0 Å². The lowest BCUT2D eigenvalue weighted by atomic mass is 10.0. The summed E-state index contributed by atoms with van der Waals surface area (Å²) < 4.78 is 47.9. The molecule has 1 fully saturated rings. The number of hydrogen-bond acceptors (Lipinski definition) is 5. The van der Waals surface area contributed by atoms with Gasteiger partial charge in [-0.15, -0.1) is 0 Å². The van der Waals surface area contributed by atoms with Gasteiger partial charge in [-0.3, -0.25) is 9.69 Å². The molecule has 0 spiro atoms. The number of carbonyl (C=O) groups excluding carboxylic acids is 1. The van der Waals surface area contributed by atoms with Gasteiger partial charge in [0.1, 0.15) is 5.75 Å². The highest BCUT2D eigenvalue weighted by Crippen LogP contribution is 2.28. The largest absolute Gasteiger partial charge is 0.484 e. The number of nitrogens with zero attached hydrogens (tertiary/aromatic N) is 2. The minimum Gasteiger partial charge on any atom is -0.484 e. The second kappa shape index (κ2) is 11.1. The zero-order valence-corrected chi connectivity index (χ0v) is 20.0. The number of benzene rings is 2. The molecule has 1 atom stereocenters. The number of halogens is 3. The summed E-state index contributed by atoms with van der Waals surface area (Å²) in [4.78, 5) is 16.9. The number of aryl methyl sites for hydroxylation is 2. The Morgan fingerprint density at radius 3 is 2.29 bits per heavy atom. The Labute approximate surface area is 198 Å². The molecule has 34 heavy (non-hydrogen) atoms. The molecular weight excluding hydrogens is 447 g/mol. The first-order chi connectivity index (χ1) is 16.0. The lowest BCUT2D eigenvalue weighted by molar-refractivity contribution is -0.153. The molecule has 6 nitrogen and oxygen atoms in total. The van der Waals surface area contributed by atoms with Crippen LogP contribution in [-0.4, -0.2) is 63.0 Å². The number of anilines is 2. The van der Waals surface area contributed by atoms with Gasteiger partial charge in [-0.2, -0.15) is 13.2 Å². The fourth-order valence-electron chi connectivity index (χ4n) is 3.96. The van der Waals surface area contributed by atoms with Gasteiger partial charge in [-0.25, -0.2) is 0 Å². The maximum absolute atomic E-state index is 12.8. The molecule has 1 N–H and O–H groups in total. The van der Waals surface area contributed by atoms with Crippen LogP contribution in [0.25, 0.3) is 0 Å². The Morgan fingerprint density at radius 2 is 1.74 bits per heavy atom. The van der Waals surface area contributed by atoms with E-state index in [-0.39, 0.29) is 11.7 Å². The van der Waals surface area contributed by atoms with Gasteiger partial charge >= 0.3 is 6.18 Å². The Hall–Kier alpha value is -2.78. The van der Waals surface area contributed by atoms with Crippen LogP contribution in [0.1, 0.15) is 23.6 Å². The molecular formula is C25H32F3N3O3. The van der Waals surface area contributed by atoms with Crippen LogP contribution in [-0.2, 0) is 16.1 Å². The van der Waals surface area contributed by atoms with Gasteiger partial charge in [0.2, 0.25) is 5.91 Å². The predicted octanol–water partition coefficient (Wildman–Crippen LogP) is 4.54. The molecule has 2 aromatic rings. The molecule has 1 saturated heterocycles. The van der Waals surface area contributed by atoms with Crippen molar-refractivity contribution < 1.29 is 27.4 Å². The van der Waals surface area contributed by atoms with Gasteiger partial charge in [0.05, 0.1) is 19.3 Å². The summed E-state index contributed by atoms with van der Waals surface area (Å²) in [5.41, 5.74) is 3.97. The topological polar surface area (TPSA) is 54.0 Å². The molecule has 1 aliphatic heterocycles. The van der Waals surface area contributed by atoms with Gasteiger partial charge in [0.25, 0.3) is 0 Å². The molecule has 1 unspecified atom stereocenters. The van der Waals surface area contributed by atoms with Crippen molar-refractivity contribution >= 4 is 17.3 Å². The Kier molecular flexibility index (Phi) is 8.43. The number of rotatable bonds is 8. The average molecular weight is 480 g/mol. The van der Waals surface area contributed by atoms with Crippen molar-refractivity contribution in [2.45, 2.75) is 39.5 Å². The third-order valence-corrected chi connectivity index (χ3v) is 5.88. The molecule has 0 bridgehead atoms. The van der Waals surface area contributed by atoms with Crippen molar-refractivity contribution in [3.8, 4) is 5.75 Å². The van der Waals surface area contributed by atoms with E-state index in [0.717, 1.165) is 30.0 Å². The van der Waals surface area contributed by atoms with Crippen LogP contribution in [0, 0.1) is 13.8 Å². The molecule has 0 radical (unpaired) electrons. The third kappa shape index (κ3) is 7.11. The maximum Gasteiger partial charge on any atom is 0.422 e. The van der Waals surface area contributed by atoms with E-state index in [1.165, 1.54) is 0 Å². The van der Waals surface area contributed by atoms with E-state index in [9.17, 15) is 18.0 Å². The molecule has 0 saturated carbocycles. The standard InChI is InChI=1S/C25H32F3N3O3/c1-17-13-20(14-18(2)23(17)34-16-25(26,27)28)15-30(4)19(3)24(32)29-21-5-7-22(8-6-21)31-9-11-33-12-10-31/h5-8,13-14,19H,9-12,15-16H2,1-4H3,(H,29,32). The number of hydrogen-bond donors (Lipinski definition) is 1. The summed E-state index contributed by atoms with van der Waals surface area (Å²) in [5.74, 6) is 0.107. The smallest absolute Gasteiger partial charge is 0.422 e. The highest BCUT2D eigenvalue weighted by molar-refractivity contribution is 5.94. The number of alkyl halides is 3. The summed E-state index contributed by atoms with van der Waals surface area (Å²) in [6.07, 6.45) is -4.39. The molecule has 186 valence electrons. The number of morpholine rings is 1. The first-order valence-electron chi connectivity index (χ1n) is 11.3. The summed E-state index contributed by atoms with van der Waals surface area (Å²) in [6, 6.07) is 10.9. The maximum atomic E-state index is 12.8. The monoisotopic (exact) mass is 479 g/mol. The lowest BCUT2D eigenvalue weighted by Gasteiger charge is -2.29. The van der Waals surface area contributed by atoms with E-state index >= 15 is 0 Å². The molecule has 3 rings (SSSR count). The Morgan fingerprint density at radius 1 is 1.15 bits per heavy atom.